The zero-order valence-corrected chi connectivity index (χ0v) is 9.85. The Morgan fingerprint density at radius 1 is 1.40 bits per heavy atom. The Morgan fingerprint density at radius 3 is 2.73 bits per heavy atom. The molecule has 1 atom stereocenters. The summed E-state index contributed by atoms with van der Waals surface area (Å²) >= 11 is 5.89. The van der Waals surface area contributed by atoms with Gasteiger partial charge in [0.15, 0.2) is 9.84 Å². The second-order valence-electron chi connectivity index (χ2n) is 3.77. The molecule has 0 N–H and O–H groups in total. The van der Waals surface area contributed by atoms with Gasteiger partial charge < -0.3 is 0 Å². The molecule has 1 unspecified atom stereocenters. The molecule has 0 saturated heterocycles. The maximum absolute atomic E-state index is 11.3. The van der Waals surface area contributed by atoms with Gasteiger partial charge in [-0.1, -0.05) is 23.7 Å². The minimum atomic E-state index is -3.00. The number of benzene rings is 1. The average Bonchev–Trinajstić information content (AvgIpc) is 2.50. The fraction of sp³-hybridized carbons (Fsp3) is 0.273. The monoisotopic (exact) mass is 242 g/mol. The van der Waals surface area contributed by atoms with Gasteiger partial charge in [-0.05, 0) is 30.2 Å². The standard InChI is InChI=1S/C11H11ClO2S/c1-8-2-3-10(12)6-11(8)9-4-5-15(13,14)7-9/h2-6,9H,7H2,1H3. The first kappa shape index (κ1) is 10.7. The smallest absolute Gasteiger partial charge is 0.172 e. The molecule has 4 heteroatoms. The lowest BCUT2D eigenvalue weighted by Crippen LogP contribution is -2.05. The van der Waals surface area contributed by atoms with Gasteiger partial charge in [-0.25, -0.2) is 8.42 Å². The van der Waals surface area contributed by atoms with Crippen LogP contribution in [0.25, 0.3) is 0 Å². The molecule has 2 nitrogen and oxygen atoms in total. The molecule has 80 valence electrons. The predicted octanol–water partition coefficient (Wildman–Crippen LogP) is 2.67. The van der Waals surface area contributed by atoms with Crippen LogP contribution in [0.4, 0.5) is 0 Å². The number of halogens is 1. The van der Waals surface area contributed by atoms with Gasteiger partial charge in [0.2, 0.25) is 0 Å². The zero-order chi connectivity index (χ0) is 11.1. The topological polar surface area (TPSA) is 34.1 Å². The second-order valence-corrected chi connectivity index (χ2v) is 6.13. The molecule has 0 fully saturated rings. The van der Waals surface area contributed by atoms with Crippen molar-refractivity contribution >= 4 is 21.4 Å². The third-order valence-electron chi connectivity index (χ3n) is 2.57. The Labute approximate surface area is 94.5 Å². The highest BCUT2D eigenvalue weighted by Gasteiger charge is 2.24. The van der Waals surface area contributed by atoms with Crippen LogP contribution in [-0.2, 0) is 9.84 Å². The van der Waals surface area contributed by atoms with E-state index in [2.05, 4.69) is 0 Å². The molecule has 2 rings (SSSR count). The highest BCUT2D eigenvalue weighted by Crippen LogP contribution is 2.30. The number of aryl methyl sites for hydroxylation is 1. The van der Waals surface area contributed by atoms with Crippen LogP contribution in [0.1, 0.15) is 17.0 Å². The lowest BCUT2D eigenvalue weighted by atomic mass is 9.97. The lowest BCUT2D eigenvalue weighted by Gasteiger charge is -2.11. The van der Waals surface area contributed by atoms with E-state index in [4.69, 9.17) is 11.6 Å². The quantitative estimate of drug-likeness (QED) is 0.759. The minimum Gasteiger partial charge on any atom is -0.224 e. The SMILES string of the molecule is Cc1ccc(Cl)cc1C1C=CS(=O)(=O)C1. The Hall–Kier alpha value is -0.800. The van der Waals surface area contributed by atoms with Gasteiger partial charge in [0.05, 0.1) is 5.75 Å². The van der Waals surface area contributed by atoms with Crippen LogP contribution in [-0.4, -0.2) is 14.2 Å². The Bertz CT molecular complexity index is 517. The van der Waals surface area contributed by atoms with Gasteiger partial charge in [0.25, 0.3) is 0 Å². The molecule has 0 aromatic heterocycles. The fourth-order valence-corrected chi connectivity index (χ4v) is 3.29. The van der Waals surface area contributed by atoms with E-state index in [-0.39, 0.29) is 11.7 Å². The zero-order valence-electron chi connectivity index (χ0n) is 8.27. The molecule has 1 aliphatic rings. The first-order valence-corrected chi connectivity index (χ1v) is 6.74. The Morgan fingerprint density at radius 2 is 2.13 bits per heavy atom. The molecule has 0 aliphatic carbocycles. The molecule has 15 heavy (non-hydrogen) atoms. The number of hydrogen-bond acceptors (Lipinski definition) is 2. The summed E-state index contributed by atoms with van der Waals surface area (Å²) in [5, 5.41) is 1.94. The van der Waals surface area contributed by atoms with Crippen LogP contribution in [0.5, 0.6) is 0 Å². The Kier molecular flexibility index (Phi) is 2.61. The average molecular weight is 243 g/mol. The third-order valence-corrected chi connectivity index (χ3v) is 4.20. The maximum Gasteiger partial charge on any atom is 0.172 e. The lowest BCUT2D eigenvalue weighted by molar-refractivity contribution is 0.604. The third kappa shape index (κ3) is 2.24. The summed E-state index contributed by atoms with van der Waals surface area (Å²) in [4.78, 5) is 0. The highest BCUT2D eigenvalue weighted by atomic mass is 35.5. The summed E-state index contributed by atoms with van der Waals surface area (Å²) in [5.41, 5.74) is 2.07. The van der Waals surface area contributed by atoms with Gasteiger partial charge in [-0.3, -0.25) is 0 Å². The van der Waals surface area contributed by atoms with Gasteiger partial charge in [0.1, 0.15) is 0 Å². The summed E-state index contributed by atoms with van der Waals surface area (Å²) in [6.07, 6.45) is 1.73. The summed E-state index contributed by atoms with van der Waals surface area (Å²) < 4.78 is 22.6. The van der Waals surface area contributed by atoms with Crippen molar-refractivity contribution in [1.29, 1.82) is 0 Å². The molecule has 1 aliphatic heterocycles. The van der Waals surface area contributed by atoms with E-state index in [1.807, 2.05) is 25.1 Å². The van der Waals surface area contributed by atoms with E-state index >= 15 is 0 Å². The molecule has 0 spiro atoms. The normalized spacial score (nSPS) is 23.2. The van der Waals surface area contributed by atoms with Crippen LogP contribution < -0.4 is 0 Å². The number of hydrogen-bond donors (Lipinski definition) is 0. The second kappa shape index (κ2) is 3.65. The van der Waals surface area contributed by atoms with Gasteiger partial charge in [0, 0.05) is 16.3 Å². The van der Waals surface area contributed by atoms with E-state index in [1.54, 1.807) is 6.08 Å². The van der Waals surface area contributed by atoms with Crippen molar-refractivity contribution in [3.8, 4) is 0 Å². The molecule has 1 heterocycles. The molecule has 0 bridgehead atoms. The first-order chi connectivity index (χ1) is 6.98. The van der Waals surface area contributed by atoms with Crippen LogP contribution in [0.2, 0.25) is 5.02 Å². The molecule has 0 radical (unpaired) electrons. The molecule has 1 aromatic rings. The van der Waals surface area contributed by atoms with E-state index in [0.29, 0.717) is 5.02 Å². The first-order valence-electron chi connectivity index (χ1n) is 4.65. The van der Waals surface area contributed by atoms with Crippen LogP contribution >= 0.6 is 11.6 Å². The summed E-state index contributed by atoms with van der Waals surface area (Å²) in [5.74, 6) is 0.113. The van der Waals surface area contributed by atoms with Crippen molar-refractivity contribution in [2.75, 3.05) is 5.75 Å². The molecular weight excluding hydrogens is 232 g/mol. The molecular formula is C11H11ClO2S. The number of allylic oxidation sites excluding steroid dienone is 1. The van der Waals surface area contributed by atoms with Crippen molar-refractivity contribution in [2.45, 2.75) is 12.8 Å². The van der Waals surface area contributed by atoms with Crippen molar-refractivity contribution in [1.82, 2.24) is 0 Å². The summed E-state index contributed by atoms with van der Waals surface area (Å²) in [7, 11) is -3.00. The van der Waals surface area contributed by atoms with Crippen molar-refractivity contribution in [3.05, 3.63) is 45.8 Å². The van der Waals surface area contributed by atoms with Crippen molar-refractivity contribution in [3.63, 3.8) is 0 Å². The van der Waals surface area contributed by atoms with E-state index in [0.717, 1.165) is 11.1 Å². The molecule has 0 amide bonds. The van der Waals surface area contributed by atoms with E-state index in [1.165, 1.54) is 5.41 Å². The van der Waals surface area contributed by atoms with Gasteiger partial charge in [-0.2, -0.15) is 0 Å². The molecule has 0 saturated carbocycles. The summed E-state index contributed by atoms with van der Waals surface area (Å²) in [6, 6.07) is 5.57. The predicted molar refractivity (Wildman–Crippen MR) is 61.9 cm³/mol. The Balaban J connectivity index is 2.40. The molecule has 1 aromatic carbocycles. The largest absolute Gasteiger partial charge is 0.224 e. The van der Waals surface area contributed by atoms with Crippen molar-refractivity contribution < 1.29 is 8.42 Å². The van der Waals surface area contributed by atoms with Gasteiger partial charge in [-0.15, -0.1) is 0 Å². The maximum atomic E-state index is 11.3. The van der Waals surface area contributed by atoms with Crippen LogP contribution in [0.15, 0.2) is 29.7 Å². The highest BCUT2D eigenvalue weighted by molar-refractivity contribution is 7.94. The number of rotatable bonds is 1. The fourth-order valence-electron chi connectivity index (χ4n) is 1.78. The van der Waals surface area contributed by atoms with E-state index in [9.17, 15) is 8.42 Å². The number of sulfone groups is 1. The van der Waals surface area contributed by atoms with E-state index < -0.39 is 9.84 Å². The van der Waals surface area contributed by atoms with Crippen LogP contribution in [0.3, 0.4) is 0 Å². The minimum absolute atomic E-state index is 0.0475. The van der Waals surface area contributed by atoms with Crippen molar-refractivity contribution in [2.24, 2.45) is 0 Å². The van der Waals surface area contributed by atoms with Gasteiger partial charge >= 0.3 is 0 Å². The van der Waals surface area contributed by atoms with Crippen LogP contribution in [0, 0.1) is 6.92 Å². The summed E-state index contributed by atoms with van der Waals surface area (Å²) in [6.45, 7) is 1.96.